The zero-order valence-electron chi connectivity index (χ0n) is 13.1. The third kappa shape index (κ3) is 3.83. The maximum absolute atomic E-state index is 12.0. The molecule has 0 spiro atoms. The van der Waals surface area contributed by atoms with Crippen LogP contribution in [0.3, 0.4) is 0 Å². The van der Waals surface area contributed by atoms with Gasteiger partial charge in [0.2, 0.25) is 6.79 Å². The molecule has 0 saturated heterocycles. The Hall–Kier alpha value is -3.33. The molecule has 3 rings (SSSR count). The van der Waals surface area contributed by atoms with E-state index in [1.807, 2.05) is 0 Å². The summed E-state index contributed by atoms with van der Waals surface area (Å²) in [5.41, 5.74) is 0.0104. The van der Waals surface area contributed by atoms with Crippen molar-refractivity contribution in [2.24, 2.45) is 0 Å². The number of ether oxygens (including phenoxy) is 3. The number of anilines is 1. The Bertz CT molecular complexity index is 900. The van der Waals surface area contributed by atoms with Gasteiger partial charge in [0, 0.05) is 11.8 Å². The summed E-state index contributed by atoms with van der Waals surface area (Å²) in [5, 5.41) is 13.2. The van der Waals surface area contributed by atoms with Crippen molar-refractivity contribution in [3.05, 3.63) is 57.1 Å². The maximum atomic E-state index is 12.0. The number of nitrogens with one attached hydrogen (secondary N) is 1. The average molecular weight is 379 g/mol. The molecule has 0 saturated carbocycles. The van der Waals surface area contributed by atoms with Crippen LogP contribution in [0.15, 0.2) is 36.4 Å². The number of benzene rings is 2. The Balaban J connectivity index is 1.58. The van der Waals surface area contributed by atoms with Crippen molar-refractivity contribution in [2.45, 2.75) is 0 Å². The Morgan fingerprint density at radius 1 is 1.19 bits per heavy atom. The average Bonchev–Trinajstić information content (AvgIpc) is 3.08. The number of rotatable bonds is 5. The van der Waals surface area contributed by atoms with E-state index < -0.39 is 23.4 Å². The topological polar surface area (TPSA) is 117 Å². The highest BCUT2D eigenvalue weighted by Crippen LogP contribution is 2.32. The van der Waals surface area contributed by atoms with Crippen molar-refractivity contribution >= 4 is 34.9 Å². The number of nitro groups is 1. The zero-order chi connectivity index (χ0) is 18.7. The molecule has 0 unspecified atom stereocenters. The van der Waals surface area contributed by atoms with Gasteiger partial charge in [0.1, 0.15) is 5.02 Å². The molecule has 26 heavy (non-hydrogen) atoms. The molecule has 0 fully saturated rings. The molecule has 0 bridgehead atoms. The van der Waals surface area contributed by atoms with Crippen molar-refractivity contribution in [3.63, 3.8) is 0 Å². The van der Waals surface area contributed by atoms with Gasteiger partial charge in [0.05, 0.1) is 10.5 Å². The van der Waals surface area contributed by atoms with Crippen LogP contribution in [0.4, 0.5) is 11.4 Å². The minimum Gasteiger partial charge on any atom is -0.454 e. The predicted octanol–water partition coefficient (Wildman–Crippen LogP) is 2.77. The van der Waals surface area contributed by atoms with Gasteiger partial charge in [0.15, 0.2) is 18.1 Å². The lowest BCUT2D eigenvalue weighted by molar-refractivity contribution is -0.384. The summed E-state index contributed by atoms with van der Waals surface area (Å²) in [6, 6.07) is 8.29. The van der Waals surface area contributed by atoms with E-state index in [1.54, 1.807) is 6.07 Å². The van der Waals surface area contributed by atoms with Crippen LogP contribution in [0, 0.1) is 10.1 Å². The first-order valence-electron chi connectivity index (χ1n) is 7.24. The van der Waals surface area contributed by atoms with Crippen molar-refractivity contribution in [2.75, 3.05) is 18.7 Å². The fourth-order valence-electron chi connectivity index (χ4n) is 2.17. The number of hydrogen-bond acceptors (Lipinski definition) is 7. The van der Waals surface area contributed by atoms with E-state index in [0.29, 0.717) is 11.5 Å². The van der Waals surface area contributed by atoms with Crippen LogP contribution in [0.25, 0.3) is 0 Å². The number of nitrogens with zero attached hydrogens (tertiary/aromatic N) is 1. The highest BCUT2D eigenvalue weighted by atomic mass is 35.5. The van der Waals surface area contributed by atoms with Crippen LogP contribution in [0.1, 0.15) is 10.4 Å². The van der Waals surface area contributed by atoms with Crippen LogP contribution in [0.5, 0.6) is 11.5 Å². The number of nitro benzene ring substituents is 1. The Kier molecular flexibility index (Phi) is 4.90. The molecule has 134 valence electrons. The second-order valence-corrected chi connectivity index (χ2v) is 5.52. The van der Waals surface area contributed by atoms with Crippen molar-refractivity contribution in [1.82, 2.24) is 0 Å². The van der Waals surface area contributed by atoms with E-state index in [-0.39, 0.29) is 28.8 Å². The number of carbonyl (C=O) groups is 2. The zero-order valence-corrected chi connectivity index (χ0v) is 13.8. The SMILES string of the molecule is O=C(COC(=O)c1ccc2c(c1)OCO2)Nc1ccc(Cl)c([N+](=O)[O-])c1. The first-order chi connectivity index (χ1) is 12.4. The number of hydrogen-bond donors (Lipinski definition) is 1. The first kappa shape index (κ1) is 17.5. The van der Waals surface area contributed by atoms with Gasteiger partial charge in [-0.1, -0.05) is 11.6 Å². The molecular formula is C16H11ClN2O7. The van der Waals surface area contributed by atoms with Gasteiger partial charge in [0.25, 0.3) is 11.6 Å². The highest BCUT2D eigenvalue weighted by molar-refractivity contribution is 6.32. The summed E-state index contributed by atoms with van der Waals surface area (Å²) in [7, 11) is 0. The number of esters is 1. The van der Waals surface area contributed by atoms with Crippen molar-refractivity contribution in [3.8, 4) is 11.5 Å². The number of fused-ring (bicyclic) bond motifs is 1. The molecule has 1 heterocycles. The molecule has 2 aromatic rings. The monoisotopic (exact) mass is 378 g/mol. The lowest BCUT2D eigenvalue weighted by Gasteiger charge is -2.07. The van der Waals surface area contributed by atoms with Gasteiger partial charge in [-0.15, -0.1) is 0 Å². The molecule has 1 aliphatic rings. The quantitative estimate of drug-likeness (QED) is 0.483. The Labute approximate surface area is 151 Å². The van der Waals surface area contributed by atoms with Gasteiger partial charge in [-0.3, -0.25) is 14.9 Å². The van der Waals surface area contributed by atoms with Crippen LogP contribution in [-0.2, 0) is 9.53 Å². The summed E-state index contributed by atoms with van der Waals surface area (Å²) < 4.78 is 15.2. The van der Waals surface area contributed by atoms with Crippen LogP contribution < -0.4 is 14.8 Å². The van der Waals surface area contributed by atoms with E-state index in [0.717, 1.165) is 6.07 Å². The van der Waals surface area contributed by atoms with Crippen molar-refractivity contribution in [1.29, 1.82) is 0 Å². The molecule has 10 heteroatoms. The second kappa shape index (κ2) is 7.28. The lowest BCUT2D eigenvalue weighted by atomic mass is 10.2. The summed E-state index contributed by atoms with van der Waals surface area (Å²) in [6.45, 7) is -0.493. The standard InChI is InChI=1S/C16H11ClN2O7/c17-11-3-2-10(6-12(11)19(22)23)18-15(20)7-24-16(21)9-1-4-13-14(5-9)26-8-25-13/h1-6H,7-8H2,(H,18,20). The van der Waals surface area contributed by atoms with Gasteiger partial charge < -0.3 is 19.5 Å². The highest BCUT2D eigenvalue weighted by Gasteiger charge is 2.18. The molecule has 1 amide bonds. The van der Waals surface area contributed by atoms with Crippen LogP contribution in [0.2, 0.25) is 5.02 Å². The normalized spacial score (nSPS) is 11.7. The summed E-state index contributed by atoms with van der Waals surface area (Å²) in [5.74, 6) is -0.447. The Morgan fingerprint density at radius 3 is 2.73 bits per heavy atom. The molecule has 0 aliphatic carbocycles. The number of amides is 1. The molecule has 0 atom stereocenters. The Morgan fingerprint density at radius 2 is 1.96 bits per heavy atom. The third-order valence-corrected chi connectivity index (χ3v) is 3.69. The fraction of sp³-hybridized carbons (Fsp3) is 0.125. The molecule has 1 aliphatic heterocycles. The fourth-order valence-corrected chi connectivity index (χ4v) is 2.35. The smallest absolute Gasteiger partial charge is 0.338 e. The molecule has 1 N–H and O–H groups in total. The van der Waals surface area contributed by atoms with E-state index >= 15 is 0 Å². The van der Waals surface area contributed by atoms with Gasteiger partial charge in [-0.2, -0.15) is 0 Å². The summed E-state index contributed by atoms with van der Waals surface area (Å²) in [6.07, 6.45) is 0. The van der Waals surface area contributed by atoms with Crippen LogP contribution >= 0.6 is 11.6 Å². The molecular weight excluding hydrogens is 368 g/mol. The second-order valence-electron chi connectivity index (χ2n) is 5.12. The summed E-state index contributed by atoms with van der Waals surface area (Å²) in [4.78, 5) is 34.0. The number of carbonyl (C=O) groups excluding carboxylic acids is 2. The van der Waals surface area contributed by atoms with Gasteiger partial charge >= 0.3 is 5.97 Å². The van der Waals surface area contributed by atoms with E-state index in [2.05, 4.69) is 5.32 Å². The summed E-state index contributed by atoms with van der Waals surface area (Å²) >= 11 is 5.70. The molecule has 9 nitrogen and oxygen atoms in total. The predicted molar refractivity (Wildman–Crippen MR) is 89.6 cm³/mol. The minimum absolute atomic E-state index is 0.0535. The van der Waals surface area contributed by atoms with E-state index in [4.69, 9.17) is 25.8 Å². The molecule has 0 radical (unpaired) electrons. The van der Waals surface area contributed by atoms with Gasteiger partial charge in [-0.05, 0) is 30.3 Å². The van der Waals surface area contributed by atoms with E-state index in [9.17, 15) is 19.7 Å². The third-order valence-electron chi connectivity index (χ3n) is 3.37. The minimum atomic E-state index is -0.722. The lowest BCUT2D eigenvalue weighted by Crippen LogP contribution is -2.21. The number of halogens is 1. The van der Waals surface area contributed by atoms with Gasteiger partial charge in [-0.25, -0.2) is 4.79 Å². The maximum Gasteiger partial charge on any atom is 0.338 e. The molecule has 2 aromatic carbocycles. The van der Waals surface area contributed by atoms with Crippen LogP contribution in [-0.4, -0.2) is 30.2 Å². The molecule has 0 aromatic heterocycles. The first-order valence-corrected chi connectivity index (χ1v) is 7.62. The largest absolute Gasteiger partial charge is 0.454 e. The van der Waals surface area contributed by atoms with E-state index in [1.165, 1.54) is 24.3 Å². The van der Waals surface area contributed by atoms with Crippen molar-refractivity contribution < 1.29 is 28.7 Å².